The average Bonchev–Trinajstić information content (AvgIpc) is 3.61. The minimum atomic E-state index is -7.51. The summed E-state index contributed by atoms with van der Waals surface area (Å²) < 4.78 is 189. The summed E-state index contributed by atoms with van der Waals surface area (Å²) in [5.74, 6) is -39.0. The molecule has 224 valence electrons. The first kappa shape index (κ1) is 29.0. The Labute approximate surface area is 211 Å². The summed E-state index contributed by atoms with van der Waals surface area (Å²) in [4.78, 5) is 13.0. The Hall–Kier alpha value is -1.52. The summed E-state index contributed by atoms with van der Waals surface area (Å²) in [5.41, 5.74) is -5.95. The van der Waals surface area contributed by atoms with Crippen molar-refractivity contribution in [2.45, 2.75) is 79.8 Å². The summed E-state index contributed by atoms with van der Waals surface area (Å²) in [6, 6.07) is 0. The Morgan fingerprint density at radius 2 is 1.44 bits per heavy atom. The van der Waals surface area contributed by atoms with Gasteiger partial charge in [0.05, 0.1) is 5.92 Å². The number of aliphatic hydroxyl groups is 1. The molecule has 1 aliphatic heterocycles. The number of ether oxygens (including phenoxy) is 2. The van der Waals surface area contributed by atoms with Crippen LogP contribution in [0.3, 0.4) is 0 Å². The van der Waals surface area contributed by atoms with Gasteiger partial charge in [-0.05, 0) is 67.6 Å². The maximum Gasteiger partial charge on any atom is 0.449 e. The quantitative estimate of drug-likeness (QED) is 0.244. The van der Waals surface area contributed by atoms with Crippen LogP contribution >= 0.6 is 0 Å². The van der Waals surface area contributed by atoms with E-state index in [0.29, 0.717) is 12.3 Å². The van der Waals surface area contributed by atoms with Crippen molar-refractivity contribution in [3.63, 3.8) is 0 Å². The first-order chi connectivity index (χ1) is 17.6. The molecule has 4 bridgehead atoms. The van der Waals surface area contributed by atoms with Gasteiger partial charge in [0.15, 0.2) is 0 Å². The summed E-state index contributed by atoms with van der Waals surface area (Å²) in [5, 5.41) is 9.51. The van der Waals surface area contributed by atoms with Gasteiger partial charge in [0.1, 0.15) is 6.61 Å². The maximum absolute atomic E-state index is 15.2. The summed E-state index contributed by atoms with van der Waals surface area (Å²) in [6.07, 6.45) is -9.77. The molecule has 1 N–H and O–H groups in total. The van der Waals surface area contributed by atoms with Crippen molar-refractivity contribution in [3.8, 4) is 0 Å². The van der Waals surface area contributed by atoms with E-state index in [9.17, 15) is 49.4 Å². The lowest BCUT2D eigenvalue weighted by Gasteiger charge is -2.46. The molecule has 1 heterocycles. The second kappa shape index (κ2) is 8.06. The number of hydrogen-bond acceptors (Lipinski definition) is 4. The van der Waals surface area contributed by atoms with E-state index in [1.165, 1.54) is 0 Å². The van der Waals surface area contributed by atoms with E-state index < -0.39 is 72.1 Å². The number of hydrogen-bond donors (Lipinski definition) is 1. The lowest BCUT2D eigenvalue weighted by atomic mass is 9.67. The van der Waals surface area contributed by atoms with Gasteiger partial charge < -0.3 is 14.6 Å². The van der Waals surface area contributed by atoms with Crippen LogP contribution in [-0.4, -0.2) is 65.4 Å². The predicted octanol–water partition coefficient (Wildman–Crippen LogP) is 5.67. The van der Waals surface area contributed by atoms with Crippen molar-refractivity contribution >= 4 is 5.97 Å². The van der Waals surface area contributed by atoms with Crippen molar-refractivity contribution in [2.24, 2.45) is 41.4 Å². The van der Waals surface area contributed by atoms with Gasteiger partial charge in [0, 0.05) is 0 Å². The number of carbonyl (C=O) groups is 1. The molecule has 0 spiro atoms. The highest BCUT2D eigenvalue weighted by atomic mass is 19.4. The number of rotatable bonds is 6. The zero-order valence-electron chi connectivity index (χ0n) is 19.4. The first-order valence-electron chi connectivity index (χ1n) is 12.0. The molecule has 1 saturated heterocycles. The normalized spacial score (nSPS) is 43.4. The van der Waals surface area contributed by atoms with Crippen molar-refractivity contribution < 1.29 is 76.5 Å². The molecule has 4 aliphatic carbocycles. The molecule has 4 nitrogen and oxygen atoms in total. The van der Waals surface area contributed by atoms with Crippen LogP contribution in [0.4, 0.5) is 57.1 Å². The summed E-state index contributed by atoms with van der Waals surface area (Å²) in [6.45, 7) is -3.07. The molecule has 4 saturated carbocycles. The SMILES string of the molecule is O=C(OC1(C(F)(F)C(F)(F)C(F)(F)C(F)F)COC(O)(C(F)(F)F)C1(F)F)C1CC2CC1C1C3CCC(C3)C21. The van der Waals surface area contributed by atoms with E-state index in [1.807, 2.05) is 0 Å². The van der Waals surface area contributed by atoms with Crippen LogP contribution in [-0.2, 0) is 14.3 Å². The van der Waals surface area contributed by atoms with Crippen LogP contribution < -0.4 is 0 Å². The summed E-state index contributed by atoms with van der Waals surface area (Å²) >= 11 is 0. The largest absolute Gasteiger partial charge is 0.449 e. The first-order valence-corrected chi connectivity index (χ1v) is 12.0. The number of halogens is 13. The van der Waals surface area contributed by atoms with Crippen LogP contribution in [0.15, 0.2) is 0 Å². The third kappa shape index (κ3) is 3.25. The number of alkyl halides is 13. The predicted molar refractivity (Wildman–Crippen MR) is 99.1 cm³/mol. The molecule has 9 atom stereocenters. The highest BCUT2D eigenvalue weighted by molar-refractivity contribution is 5.74. The van der Waals surface area contributed by atoms with E-state index in [4.69, 9.17) is 0 Å². The van der Waals surface area contributed by atoms with Crippen LogP contribution in [0.5, 0.6) is 0 Å². The standard InChI is InChI=1S/C22H21F13O4/c23-15(24)17(25,26)20(31,32)18(27,28)16(6-38-21(37,19(16,29)30)22(33,34)35)39-14(36)11-5-9-4-10(11)13-8-2-1-7(3-8)12(9)13/h7-13,15,37H,1-6H2. The van der Waals surface area contributed by atoms with E-state index in [1.54, 1.807) is 0 Å². The Morgan fingerprint density at radius 1 is 0.872 bits per heavy atom. The Morgan fingerprint density at radius 3 is 1.95 bits per heavy atom. The van der Waals surface area contributed by atoms with Gasteiger partial charge in [0.2, 0.25) is 0 Å². The molecular weight excluding hydrogens is 575 g/mol. The number of carbonyl (C=O) groups excluding carboxylic acids is 1. The highest BCUT2D eigenvalue weighted by Gasteiger charge is 2.96. The third-order valence-electron chi connectivity index (χ3n) is 9.71. The van der Waals surface area contributed by atoms with Gasteiger partial charge >= 0.3 is 48.0 Å². The minimum Gasteiger partial charge on any atom is -0.443 e. The van der Waals surface area contributed by atoms with E-state index >= 15 is 17.6 Å². The maximum atomic E-state index is 15.2. The molecule has 5 fully saturated rings. The van der Waals surface area contributed by atoms with Crippen molar-refractivity contribution in [3.05, 3.63) is 0 Å². The van der Waals surface area contributed by atoms with E-state index in [2.05, 4.69) is 9.47 Å². The van der Waals surface area contributed by atoms with Crippen molar-refractivity contribution in [1.29, 1.82) is 0 Å². The molecule has 5 rings (SSSR count). The fourth-order valence-corrected chi connectivity index (χ4v) is 8.05. The van der Waals surface area contributed by atoms with Crippen LogP contribution in [0.1, 0.15) is 32.1 Å². The highest BCUT2D eigenvalue weighted by Crippen LogP contribution is 2.70. The lowest BCUT2D eigenvalue weighted by Crippen LogP contribution is -2.76. The molecule has 0 radical (unpaired) electrons. The van der Waals surface area contributed by atoms with Gasteiger partial charge in [-0.15, -0.1) is 0 Å². The topological polar surface area (TPSA) is 55.8 Å². The van der Waals surface area contributed by atoms with E-state index in [-0.39, 0.29) is 30.1 Å². The van der Waals surface area contributed by atoms with Gasteiger partial charge in [0.25, 0.3) is 5.60 Å². The van der Waals surface area contributed by atoms with Gasteiger partial charge in [-0.1, -0.05) is 0 Å². The van der Waals surface area contributed by atoms with Gasteiger partial charge in [-0.2, -0.15) is 48.3 Å². The van der Waals surface area contributed by atoms with Crippen molar-refractivity contribution in [2.75, 3.05) is 6.61 Å². The summed E-state index contributed by atoms with van der Waals surface area (Å²) in [7, 11) is 0. The van der Waals surface area contributed by atoms with Gasteiger partial charge in [-0.3, -0.25) is 4.79 Å². The number of fused-ring (bicyclic) bond motifs is 9. The Balaban J connectivity index is 1.55. The molecule has 0 aromatic rings. The number of esters is 1. The third-order valence-corrected chi connectivity index (χ3v) is 9.71. The Bertz CT molecular complexity index is 1030. The van der Waals surface area contributed by atoms with Crippen LogP contribution in [0.25, 0.3) is 0 Å². The van der Waals surface area contributed by atoms with Crippen molar-refractivity contribution in [1.82, 2.24) is 0 Å². The molecule has 9 unspecified atom stereocenters. The molecule has 0 aromatic heterocycles. The van der Waals surface area contributed by atoms with Crippen LogP contribution in [0.2, 0.25) is 0 Å². The second-order valence-electron chi connectivity index (χ2n) is 11.3. The Kier molecular flexibility index (Phi) is 5.99. The van der Waals surface area contributed by atoms with E-state index in [0.717, 1.165) is 19.3 Å². The molecule has 5 aliphatic rings. The zero-order chi connectivity index (χ0) is 29.4. The van der Waals surface area contributed by atoms with Crippen LogP contribution in [0, 0.1) is 41.4 Å². The monoisotopic (exact) mass is 596 g/mol. The molecule has 39 heavy (non-hydrogen) atoms. The zero-order valence-corrected chi connectivity index (χ0v) is 19.4. The molecule has 0 amide bonds. The minimum absolute atomic E-state index is 0.0849. The smallest absolute Gasteiger partial charge is 0.443 e. The van der Waals surface area contributed by atoms with Gasteiger partial charge in [-0.25, -0.2) is 8.78 Å². The lowest BCUT2D eigenvalue weighted by molar-refractivity contribution is -0.433. The second-order valence-corrected chi connectivity index (χ2v) is 11.3. The molecule has 0 aromatic carbocycles. The molecule has 17 heteroatoms. The average molecular weight is 596 g/mol. The fourth-order valence-electron chi connectivity index (χ4n) is 8.05. The molecular formula is C22H21F13O4. The fraction of sp³-hybridized carbons (Fsp3) is 0.955.